The summed E-state index contributed by atoms with van der Waals surface area (Å²) in [4.78, 5) is 38.2. The average Bonchev–Trinajstić information content (AvgIpc) is 3.39. The van der Waals surface area contributed by atoms with E-state index in [1.165, 1.54) is 167 Å². The lowest BCUT2D eigenvalue weighted by molar-refractivity contribution is -0.167. The highest BCUT2D eigenvalue weighted by atomic mass is 16.6. The van der Waals surface area contributed by atoms with Crippen molar-refractivity contribution in [2.75, 3.05) is 13.2 Å². The SMILES string of the molecule is CCCCC/C=C\C/C=C\C/C=C\C/C=C\CCCC(=O)OC[C@H](COC(=O)CCCCCCCCCCCCCCCCCCCCCCC)OC(=O)CCCCCC/C=C\C/C=C\C/C=C\CCCCC. The molecule has 0 spiro atoms. The van der Waals surface area contributed by atoms with E-state index < -0.39 is 6.10 Å². The van der Waals surface area contributed by atoms with Crippen LogP contribution < -0.4 is 0 Å². The lowest BCUT2D eigenvalue weighted by Crippen LogP contribution is -2.30. The summed E-state index contributed by atoms with van der Waals surface area (Å²) in [7, 11) is 0. The first-order valence-electron chi connectivity index (χ1n) is 31.1. The van der Waals surface area contributed by atoms with Gasteiger partial charge in [-0.1, -0.05) is 273 Å². The van der Waals surface area contributed by atoms with Crippen LogP contribution in [-0.4, -0.2) is 37.2 Å². The van der Waals surface area contributed by atoms with E-state index >= 15 is 0 Å². The molecule has 0 unspecified atom stereocenters. The van der Waals surface area contributed by atoms with Crippen LogP contribution in [0.1, 0.15) is 303 Å². The molecule has 6 heteroatoms. The molecule has 73 heavy (non-hydrogen) atoms. The number of carbonyl (C=O) groups is 3. The van der Waals surface area contributed by atoms with Crippen molar-refractivity contribution in [1.82, 2.24) is 0 Å². The van der Waals surface area contributed by atoms with Gasteiger partial charge in [-0.15, -0.1) is 0 Å². The summed E-state index contributed by atoms with van der Waals surface area (Å²) in [5.41, 5.74) is 0. The van der Waals surface area contributed by atoms with E-state index in [0.717, 1.165) is 89.9 Å². The number of unbranched alkanes of at least 4 members (excludes halogenated alkanes) is 31. The Bertz CT molecular complexity index is 1400. The highest BCUT2D eigenvalue weighted by Gasteiger charge is 2.19. The normalized spacial score (nSPS) is 12.6. The van der Waals surface area contributed by atoms with Gasteiger partial charge in [-0.3, -0.25) is 14.4 Å². The summed E-state index contributed by atoms with van der Waals surface area (Å²) in [6, 6.07) is 0. The summed E-state index contributed by atoms with van der Waals surface area (Å²) < 4.78 is 16.8. The summed E-state index contributed by atoms with van der Waals surface area (Å²) in [6.45, 7) is 6.55. The highest BCUT2D eigenvalue weighted by Crippen LogP contribution is 2.16. The van der Waals surface area contributed by atoms with E-state index in [0.29, 0.717) is 19.3 Å². The van der Waals surface area contributed by atoms with Crippen LogP contribution in [0.3, 0.4) is 0 Å². The quantitative estimate of drug-likeness (QED) is 0.0261. The van der Waals surface area contributed by atoms with Crippen LogP contribution >= 0.6 is 0 Å². The maximum atomic E-state index is 12.9. The van der Waals surface area contributed by atoms with Gasteiger partial charge in [0.1, 0.15) is 13.2 Å². The Hall–Kier alpha value is -3.41. The van der Waals surface area contributed by atoms with E-state index in [1.807, 2.05) is 0 Å². The van der Waals surface area contributed by atoms with Crippen LogP contribution in [0.2, 0.25) is 0 Å². The third-order valence-electron chi connectivity index (χ3n) is 13.4. The fourth-order valence-electron chi connectivity index (χ4n) is 8.68. The number of carbonyl (C=O) groups excluding carboxylic acids is 3. The van der Waals surface area contributed by atoms with Gasteiger partial charge in [-0.05, 0) is 96.3 Å². The lowest BCUT2D eigenvalue weighted by atomic mass is 10.0. The van der Waals surface area contributed by atoms with Gasteiger partial charge in [0.15, 0.2) is 6.10 Å². The van der Waals surface area contributed by atoms with Gasteiger partial charge in [0.2, 0.25) is 0 Å². The number of ether oxygens (including phenoxy) is 3. The average molecular weight is 1020 g/mol. The Morgan fingerprint density at radius 1 is 0.274 bits per heavy atom. The summed E-state index contributed by atoms with van der Waals surface area (Å²) in [6.07, 6.45) is 80.2. The molecule has 0 aliphatic heterocycles. The monoisotopic (exact) mass is 1020 g/mol. The van der Waals surface area contributed by atoms with E-state index in [4.69, 9.17) is 14.2 Å². The zero-order valence-electron chi connectivity index (χ0n) is 48.1. The third kappa shape index (κ3) is 59.3. The molecule has 0 amide bonds. The minimum Gasteiger partial charge on any atom is -0.462 e. The second-order valence-electron chi connectivity index (χ2n) is 20.6. The van der Waals surface area contributed by atoms with Crippen molar-refractivity contribution in [3.63, 3.8) is 0 Å². The molecule has 0 N–H and O–H groups in total. The first-order valence-corrected chi connectivity index (χ1v) is 31.1. The summed E-state index contributed by atoms with van der Waals surface area (Å²) in [5.74, 6) is -0.970. The predicted molar refractivity (Wildman–Crippen MR) is 316 cm³/mol. The number of hydrogen-bond donors (Lipinski definition) is 0. The molecule has 0 aromatic heterocycles. The maximum Gasteiger partial charge on any atom is 0.306 e. The minimum atomic E-state index is -0.810. The predicted octanol–water partition coefficient (Wildman–Crippen LogP) is 21.1. The van der Waals surface area contributed by atoms with Crippen LogP contribution in [0.4, 0.5) is 0 Å². The van der Waals surface area contributed by atoms with Gasteiger partial charge in [0.05, 0.1) is 0 Å². The minimum absolute atomic E-state index is 0.101. The van der Waals surface area contributed by atoms with Crippen LogP contribution in [-0.2, 0) is 28.6 Å². The van der Waals surface area contributed by atoms with Gasteiger partial charge < -0.3 is 14.2 Å². The first kappa shape index (κ1) is 69.6. The van der Waals surface area contributed by atoms with E-state index in [1.54, 1.807) is 0 Å². The van der Waals surface area contributed by atoms with Crippen molar-refractivity contribution in [2.24, 2.45) is 0 Å². The van der Waals surface area contributed by atoms with E-state index in [9.17, 15) is 14.4 Å². The lowest BCUT2D eigenvalue weighted by Gasteiger charge is -2.18. The molecule has 0 heterocycles. The molecular formula is C67H116O6. The molecule has 0 fully saturated rings. The molecule has 0 saturated carbocycles. The molecule has 1 atom stereocenters. The van der Waals surface area contributed by atoms with Crippen molar-refractivity contribution in [1.29, 1.82) is 0 Å². The van der Waals surface area contributed by atoms with Crippen LogP contribution in [0.25, 0.3) is 0 Å². The molecule has 0 bridgehead atoms. The second kappa shape index (κ2) is 61.1. The van der Waals surface area contributed by atoms with Crippen molar-refractivity contribution < 1.29 is 28.6 Å². The standard InChI is InChI=1S/C67H116O6/c1-4-7-10-13-16-19-22-25-28-31-32-33-34-37-39-42-45-48-51-54-57-60-66(69)72-63-64(73-67(70)61-58-55-52-49-46-43-40-36-30-27-24-21-18-15-12-9-6-3)62-71-65(68)59-56-53-50-47-44-41-38-35-29-26-23-20-17-14-11-8-5-2/h17-18,20-21,26-27,29-30,38,40-41,43,47,50,64H,4-16,19,22-25,28,31-37,39,42,44-46,48-49,51-63H2,1-3H3/b20-17-,21-18-,29-26-,30-27-,41-38-,43-40-,50-47-/t64-/m1/s1. The fourth-order valence-corrected chi connectivity index (χ4v) is 8.68. The first-order chi connectivity index (χ1) is 36.0. The molecule has 420 valence electrons. The summed E-state index contributed by atoms with van der Waals surface area (Å²) in [5, 5.41) is 0. The molecule has 6 nitrogen and oxygen atoms in total. The van der Waals surface area contributed by atoms with Crippen molar-refractivity contribution in [3.8, 4) is 0 Å². The third-order valence-corrected chi connectivity index (χ3v) is 13.4. The zero-order valence-corrected chi connectivity index (χ0v) is 48.1. The van der Waals surface area contributed by atoms with E-state index in [2.05, 4.69) is 106 Å². The van der Waals surface area contributed by atoms with Gasteiger partial charge in [-0.2, -0.15) is 0 Å². The van der Waals surface area contributed by atoms with Crippen LogP contribution in [0.5, 0.6) is 0 Å². The van der Waals surface area contributed by atoms with Crippen LogP contribution in [0.15, 0.2) is 85.1 Å². The van der Waals surface area contributed by atoms with Gasteiger partial charge >= 0.3 is 17.9 Å². The molecule has 0 aliphatic carbocycles. The molecule has 0 saturated heterocycles. The van der Waals surface area contributed by atoms with Gasteiger partial charge in [-0.25, -0.2) is 0 Å². The summed E-state index contributed by atoms with van der Waals surface area (Å²) >= 11 is 0. The van der Waals surface area contributed by atoms with Crippen molar-refractivity contribution in [3.05, 3.63) is 85.1 Å². The molecule has 0 rings (SSSR count). The Balaban J connectivity index is 4.45. The smallest absolute Gasteiger partial charge is 0.306 e. The Morgan fingerprint density at radius 2 is 0.507 bits per heavy atom. The molecule has 0 aromatic carbocycles. The second-order valence-corrected chi connectivity index (χ2v) is 20.6. The van der Waals surface area contributed by atoms with Gasteiger partial charge in [0, 0.05) is 19.3 Å². The highest BCUT2D eigenvalue weighted by molar-refractivity contribution is 5.71. The van der Waals surface area contributed by atoms with Gasteiger partial charge in [0.25, 0.3) is 0 Å². The van der Waals surface area contributed by atoms with Crippen molar-refractivity contribution in [2.45, 2.75) is 309 Å². The molecule has 0 aliphatic rings. The Kier molecular flexibility index (Phi) is 58.3. The Morgan fingerprint density at radius 3 is 0.849 bits per heavy atom. The molecular weight excluding hydrogens is 901 g/mol. The number of rotatable bonds is 56. The molecule has 0 aromatic rings. The number of esters is 3. The topological polar surface area (TPSA) is 78.9 Å². The number of hydrogen-bond acceptors (Lipinski definition) is 6. The van der Waals surface area contributed by atoms with Crippen molar-refractivity contribution >= 4 is 17.9 Å². The Labute approximate surface area is 452 Å². The van der Waals surface area contributed by atoms with Crippen LogP contribution in [0, 0.1) is 0 Å². The zero-order chi connectivity index (χ0) is 52.9. The van der Waals surface area contributed by atoms with E-state index in [-0.39, 0.29) is 37.5 Å². The largest absolute Gasteiger partial charge is 0.462 e. The fraction of sp³-hybridized carbons (Fsp3) is 0.746. The number of allylic oxidation sites excluding steroid dienone is 14. The molecule has 0 radical (unpaired) electrons. The maximum absolute atomic E-state index is 12.9.